The van der Waals surface area contributed by atoms with Gasteiger partial charge in [0.05, 0.1) is 24.5 Å². The normalized spacial score (nSPS) is 11.9. The first-order valence-corrected chi connectivity index (χ1v) is 10.3. The van der Waals surface area contributed by atoms with Crippen molar-refractivity contribution in [2.24, 2.45) is 0 Å². The molecular weight excluding hydrogens is 391 g/mol. The van der Waals surface area contributed by atoms with E-state index in [2.05, 4.69) is 15.5 Å². The van der Waals surface area contributed by atoms with E-state index in [1.807, 2.05) is 42.7 Å². The molecule has 8 heteroatoms. The van der Waals surface area contributed by atoms with Gasteiger partial charge >= 0.3 is 0 Å². The predicted octanol–water partition coefficient (Wildman–Crippen LogP) is 4.08. The molecule has 2 aromatic carbocycles. The van der Waals surface area contributed by atoms with Crippen LogP contribution in [0.3, 0.4) is 0 Å². The third kappa shape index (κ3) is 4.95. The Kier molecular flexibility index (Phi) is 6.87. The lowest BCUT2D eigenvalue weighted by molar-refractivity contribution is -0.119. The molecule has 0 aliphatic heterocycles. The largest absolute Gasteiger partial charge is 0.496 e. The molecule has 1 heterocycles. The van der Waals surface area contributed by atoms with E-state index < -0.39 is 0 Å². The van der Waals surface area contributed by atoms with Crippen molar-refractivity contribution in [2.75, 3.05) is 12.9 Å². The number of ether oxygens (including phenoxy) is 1. The molecule has 0 unspecified atom stereocenters. The highest BCUT2D eigenvalue weighted by atomic mass is 32.2. The first-order chi connectivity index (χ1) is 14.0. The Morgan fingerprint density at radius 2 is 1.93 bits per heavy atom. The van der Waals surface area contributed by atoms with Crippen LogP contribution >= 0.6 is 11.8 Å². The van der Waals surface area contributed by atoms with Crippen LogP contribution in [0.1, 0.15) is 25.5 Å². The second-order valence-corrected chi connectivity index (χ2v) is 7.32. The number of halogens is 1. The zero-order chi connectivity index (χ0) is 20.8. The van der Waals surface area contributed by atoms with Gasteiger partial charge in [0, 0.05) is 6.54 Å². The van der Waals surface area contributed by atoms with E-state index in [4.69, 9.17) is 4.74 Å². The van der Waals surface area contributed by atoms with E-state index in [0.29, 0.717) is 17.5 Å². The SMILES string of the molecule is CCn1c(SCC(=O)N[C@H](C)c2ccc(F)cc2)nnc1-c1ccccc1OC. The van der Waals surface area contributed by atoms with E-state index in [-0.39, 0.29) is 23.5 Å². The van der Waals surface area contributed by atoms with Gasteiger partial charge < -0.3 is 14.6 Å². The Balaban J connectivity index is 1.67. The number of carbonyl (C=O) groups is 1. The Morgan fingerprint density at radius 1 is 1.21 bits per heavy atom. The number of hydrogen-bond donors (Lipinski definition) is 1. The van der Waals surface area contributed by atoms with Gasteiger partial charge in [-0.15, -0.1) is 10.2 Å². The Labute approximate surface area is 173 Å². The maximum absolute atomic E-state index is 13.1. The van der Waals surface area contributed by atoms with Gasteiger partial charge in [-0.05, 0) is 43.7 Å². The topological polar surface area (TPSA) is 69.0 Å². The summed E-state index contributed by atoms with van der Waals surface area (Å²) in [5, 5.41) is 12.1. The number of hydrogen-bond acceptors (Lipinski definition) is 5. The smallest absolute Gasteiger partial charge is 0.230 e. The molecule has 1 N–H and O–H groups in total. The number of rotatable bonds is 8. The molecule has 152 valence electrons. The van der Waals surface area contributed by atoms with Gasteiger partial charge in [-0.2, -0.15) is 0 Å². The van der Waals surface area contributed by atoms with Crippen LogP contribution in [-0.2, 0) is 11.3 Å². The second kappa shape index (κ2) is 9.56. The summed E-state index contributed by atoms with van der Waals surface area (Å²) >= 11 is 1.32. The number of aromatic nitrogens is 3. The average molecular weight is 415 g/mol. The van der Waals surface area contributed by atoms with Crippen LogP contribution < -0.4 is 10.1 Å². The lowest BCUT2D eigenvalue weighted by atomic mass is 10.1. The highest BCUT2D eigenvalue weighted by Gasteiger charge is 2.18. The van der Waals surface area contributed by atoms with Gasteiger partial charge in [0.25, 0.3) is 0 Å². The third-order valence-corrected chi connectivity index (χ3v) is 5.43. The Morgan fingerprint density at radius 3 is 2.62 bits per heavy atom. The minimum atomic E-state index is -0.299. The molecule has 0 saturated carbocycles. The Bertz CT molecular complexity index is 975. The fourth-order valence-corrected chi connectivity index (χ4v) is 3.77. The first-order valence-electron chi connectivity index (χ1n) is 9.27. The summed E-state index contributed by atoms with van der Waals surface area (Å²) in [5.41, 5.74) is 1.70. The molecule has 0 saturated heterocycles. The second-order valence-electron chi connectivity index (χ2n) is 6.38. The zero-order valence-corrected chi connectivity index (χ0v) is 17.4. The van der Waals surface area contributed by atoms with Crippen LogP contribution in [0.4, 0.5) is 4.39 Å². The number of thioether (sulfide) groups is 1. The highest BCUT2D eigenvalue weighted by Crippen LogP contribution is 2.30. The summed E-state index contributed by atoms with van der Waals surface area (Å²) in [7, 11) is 1.62. The summed E-state index contributed by atoms with van der Waals surface area (Å²) in [5.74, 6) is 1.20. The van der Waals surface area contributed by atoms with Crippen LogP contribution in [0.2, 0.25) is 0 Å². The maximum atomic E-state index is 13.1. The van der Waals surface area contributed by atoms with Crippen molar-refractivity contribution < 1.29 is 13.9 Å². The van der Waals surface area contributed by atoms with E-state index in [9.17, 15) is 9.18 Å². The van der Waals surface area contributed by atoms with Gasteiger partial charge in [-0.3, -0.25) is 4.79 Å². The minimum Gasteiger partial charge on any atom is -0.496 e. The fourth-order valence-electron chi connectivity index (χ4n) is 2.96. The molecule has 1 amide bonds. The van der Waals surface area contributed by atoms with E-state index in [1.54, 1.807) is 19.2 Å². The number of methoxy groups -OCH3 is 1. The molecular formula is C21H23FN4O2S. The summed E-state index contributed by atoms with van der Waals surface area (Å²) in [4.78, 5) is 12.4. The summed E-state index contributed by atoms with van der Waals surface area (Å²) < 4.78 is 20.4. The average Bonchev–Trinajstić information content (AvgIpc) is 3.15. The molecule has 6 nitrogen and oxygen atoms in total. The van der Waals surface area contributed by atoms with Crippen LogP contribution in [0, 0.1) is 5.82 Å². The maximum Gasteiger partial charge on any atom is 0.230 e. The molecule has 0 fully saturated rings. The molecule has 0 aliphatic carbocycles. The number of benzene rings is 2. The van der Waals surface area contributed by atoms with Crippen LogP contribution in [0.5, 0.6) is 5.75 Å². The number of nitrogens with zero attached hydrogens (tertiary/aromatic N) is 3. The first kappa shape index (κ1) is 20.9. The number of amides is 1. The van der Waals surface area contributed by atoms with Gasteiger partial charge in [0.1, 0.15) is 11.6 Å². The lowest BCUT2D eigenvalue weighted by Crippen LogP contribution is -2.28. The number of carbonyl (C=O) groups excluding carboxylic acids is 1. The van der Waals surface area contributed by atoms with Crippen molar-refractivity contribution in [1.29, 1.82) is 0 Å². The van der Waals surface area contributed by atoms with Crippen molar-refractivity contribution in [2.45, 2.75) is 31.6 Å². The van der Waals surface area contributed by atoms with Crippen molar-refractivity contribution >= 4 is 17.7 Å². The quantitative estimate of drug-likeness (QED) is 0.563. The van der Waals surface area contributed by atoms with Crippen LogP contribution in [0.25, 0.3) is 11.4 Å². The van der Waals surface area contributed by atoms with Gasteiger partial charge in [-0.25, -0.2) is 4.39 Å². The predicted molar refractivity (Wildman–Crippen MR) is 111 cm³/mol. The molecule has 0 aliphatic rings. The minimum absolute atomic E-state index is 0.128. The standard InChI is InChI=1S/C21H23FN4O2S/c1-4-26-20(17-7-5-6-8-18(17)28-3)24-25-21(26)29-13-19(27)23-14(2)15-9-11-16(22)12-10-15/h5-12,14H,4,13H2,1-3H3,(H,23,27)/t14-/m1/s1. The Hall–Kier alpha value is -2.87. The highest BCUT2D eigenvalue weighted by molar-refractivity contribution is 7.99. The number of para-hydroxylation sites is 1. The molecule has 0 bridgehead atoms. The number of nitrogens with one attached hydrogen (secondary N) is 1. The monoisotopic (exact) mass is 414 g/mol. The molecule has 0 radical (unpaired) electrons. The molecule has 3 rings (SSSR count). The van der Waals surface area contributed by atoms with Crippen molar-refractivity contribution in [3.63, 3.8) is 0 Å². The van der Waals surface area contributed by atoms with Crippen molar-refractivity contribution in [1.82, 2.24) is 20.1 Å². The lowest BCUT2D eigenvalue weighted by Gasteiger charge is -2.14. The summed E-state index contributed by atoms with van der Waals surface area (Å²) in [6.45, 7) is 4.53. The van der Waals surface area contributed by atoms with Crippen molar-refractivity contribution in [3.8, 4) is 17.1 Å². The third-order valence-electron chi connectivity index (χ3n) is 4.46. The van der Waals surface area contributed by atoms with Gasteiger partial charge in [0.2, 0.25) is 5.91 Å². The fraction of sp³-hybridized carbons (Fsp3) is 0.286. The summed E-state index contributed by atoms with van der Waals surface area (Å²) in [6, 6.07) is 13.5. The van der Waals surface area contributed by atoms with Crippen molar-refractivity contribution in [3.05, 3.63) is 59.9 Å². The van der Waals surface area contributed by atoms with Crippen LogP contribution in [0.15, 0.2) is 53.7 Å². The van der Waals surface area contributed by atoms with E-state index in [1.165, 1.54) is 23.9 Å². The van der Waals surface area contributed by atoms with Crippen LogP contribution in [-0.4, -0.2) is 33.5 Å². The molecule has 1 aromatic heterocycles. The molecule has 0 spiro atoms. The molecule has 1 atom stereocenters. The van der Waals surface area contributed by atoms with Gasteiger partial charge in [0.15, 0.2) is 11.0 Å². The summed E-state index contributed by atoms with van der Waals surface area (Å²) in [6.07, 6.45) is 0. The molecule has 3 aromatic rings. The van der Waals surface area contributed by atoms with Gasteiger partial charge in [-0.1, -0.05) is 36.0 Å². The van der Waals surface area contributed by atoms with E-state index in [0.717, 1.165) is 16.9 Å². The van der Waals surface area contributed by atoms with E-state index >= 15 is 0 Å². The molecule has 29 heavy (non-hydrogen) atoms. The zero-order valence-electron chi connectivity index (χ0n) is 16.6.